The zero-order valence-electron chi connectivity index (χ0n) is 12.4. The molecule has 106 valence electrons. The van der Waals surface area contributed by atoms with Crippen LogP contribution in [0.15, 0.2) is 12.4 Å². The van der Waals surface area contributed by atoms with E-state index in [0.29, 0.717) is 11.6 Å². The Bertz CT molecular complexity index is 437. The van der Waals surface area contributed by atoms with Gasteiger partial charge in [-0.1, -0.05) is 0 Å². The molecular formula is C15H26N4. The lowest BCUT2D eigenvalue weighted by atomic mass is 9.91. The standard InChI is InChI=1S/C15H26N4/c1-4-19-10-13(8-17-19)9-18-11-15(3,14-5-6-14)16-7-12(18)2/h8,10,12,14,16H,4-7,9,11H2,1-3H3. The molecule has 19 heavy (non-hydrogen) atoms. The molecule has 0 radical (unpaired) electrons. The fourth-order valence-electron chi connectivity index (χ4n) is 3.24. The fraction of sp³-hybridized carbons (Fsp3) is 0.800. The third-order valence-corrected chi connectivity index (χ3v) is 4.83. The van der Waals surface area contributed by atoms with Gasteiger partial charge in [-0.2, -0.15) is 5.10 Å². The van der Waals surface area contributed by atoms with Gasteiger partial charge in [0.25, 0.3) is 0 Å². The van der Waals surface area contributed by atoms with Crippen LogP contribution in [0.1, 0.15) is 39.2 Å². The SMILES string of the molecule is CCn1cc(CN2CC(C)(C3CC3)NCC2C)cn1. The molecule has 1 aromatic rings. The van der Waals surface area contributed by atoms with E-state index < -0.39 is 0 Å². The monoisotopic (exact) mass is 262 g/mol. The van der Waals surface area contributed by atoms with Crippen molar-refractivity contribution in [1.82, 2.24) is 20.0 Å². The van der Waals surface area contributed by atoms with E-state index in [-0.39, 0.29) is 0 Å². The van der Waals surface area contributed by atoms with E-state index in [1.165, 1.54) is 18.4 Å². The van der Waals surface area contributed by atoms with Gasteiger partial charge in [-0.3, -0.25) is 9.58 Å². The molecular weight excluding hydrogens is 236 g/mol. The highest BCUT2D eigenvalue weighted by Gasteiger charge is 2.45. The predicted octanol–water partition coefficient (Wildman–Crippen LogP) is 1.87. The van der Waals surface area contributed by atoms with E-state index in [2.05, 4.69) is 42.3 Å². The Morgan fingerprint density at radius 2 is 2.26 bits per heavy atom. The lowest BCUT2D eigenvalue weighted by Gasteiger charge is -2.45. The van der Waals surface area contributed by atoms with Crippen LogP contribution in [-0.4, -0.2) is 39.4 Å². The van der Waals surface area contributed by atoms with Crippen molar-refractivity contribution in [3.8, 4) is 0 Å². The summed E-state index contributed by atoms with van der Waals surface area (Å²) in [5.74, 6) is 0.890. The van der Waals surface area contributed by atoms with Crippen LogP contribution in [0.5, 0.6) is 0 Å². The van der Waals surface area contributed by atoms with Crippen molar-refractivity contribution < 1.29 is 0 Å². The highest BCUT2D eigenvalue weighted by Crippen LogP contribution is 2.41. The number of aromatic nitrogens is 2. The van der Waals surface area contributed by atoms with E-state index in [1.807, 2.05) is 10.9 Å². The van der Waals surface area contributed by atoms with Gasteiger partial charge in [0.15, 0.2) is 0 Å². The molecule has 2 unspecified atom stereocenters. The fourth-order valence-corrected chi connectivity index (χ4v) is 3.24. The zero-order chi connectivity index (χ0) is 13.5. The molecule has 1 aromatic heterocycles. The van der Waals surface area contributed by atoms with Crippen molar-refractivity contribution in [2.75, 3.05) is 13.1 Å². The van der Waals surface area contributed by atoms with Crippen LogP contribution in [0, 0.1) is 5.92 Å². The molecule has 0 bridgehead atoms. The average molecular weight is 262 g/mol. The highest BCUT2D eigenvalue weighted by atomic mass is 15.3. The molecule has 0 aromatic carbocycles. The smallest absolute Gasteiger partial charge is 0.0534 e. The molecule has 1 saturated heterocycles. The Morgan fingerprint density at radius 3 is 2.89 bits per heavy atom. The van der Waals surface area contributed by atoms with Crippen molar-refractivity contribution in [3.63, 3.8) is 0 Å². The highest BCUT2D eigenvalue weighted by molar-refractivity contribution is 5.08. The number of nitrogens with zero attached hydrogens (tertiary/aromatic N) is 3. The van der Waals surface area contributed by atoms with Gasteiger partial charge in [0, 0.05) is 49.5 Å². The molecule has 2 fully saturated rings. The predicted molar refractivity (Wildman–Crippen MR) is 76.9 cm³/mol. The van der Waals surface area contributed by atoms with E-state index in [0.717, 1.165) is 32.1 Å². The number of hydrogen-bond donors (Lipinski definition) is 1. The van der Waals surface area contributed by atoms with Gasteiger partial charge in [-0.25, -0.2) is 0 Å². The normalized spacial score (nSPS) is 32.7. The molecule has 4 nitrogen and oxygen atoms in total. The Hall–Kier alpha value is -0.870. The summed E-state index contributed by atoms with van der Waals surface area (Å²) >= 11 is 0. The van der Waals surface area contributed by atoms with Gasteiger partial charge in [0.2, 0.25) is 0 Å². The minimum absolute atomic E-state index is 0.327. The van der Waals surface area contributed by atoms with Crippen molar-refractivity contribution in [1.29, 1.82) is 0 Å². The summed E-state index contributed by atoms with van der Waals surface area (Å²) in [5, 5.41) is 8.16. The first-order valence-electron chi connectivity index (χ1n) is 7.61. The van der Waals surface area contributed by atoms with Crippen LogP contribution < -0.4 is 5.32 Å². The summed E-state index contributed by atoms with van der Waals surface area (Å²) < 4.78 is 2.02. The second-order valence-corrected chi connectivity index (χ2v) is 6.53. The van der Waals surface area contributed by atoms with Crippen LogP contribution >= 0.6 is 0 Å². The topological polar surface area (TPSA) is 33.1 Å². The molecule has 1 aliphatic carbocycles. The lowest BCUT2D eigenvalue weighted by molar-refractivity contribution is 0.0770. The molecule has 3 rings (SSSR count). The van der Waals surface area contributed by atoms with E-state index in [1.54, 1.807) is 0 Å². The molecule has 0 amide bonds. The largest absolute Gasteiger partial charge is 0.308 e. The molecule has 1 N–H and O–H groups in total. The number of nitrogens with one attached hydrogen (secondary N) is 1. The van der Waals surface area contributed by atoms with Gasteiger partial charge >= 0.3 is 0 Å². The summed E-state index contributed by atoms with van der Waals surface area (Å²) in [5.41, 5.74) is 1.67. The summed E-state index contributed by atoms with van der Waals surface area (Å²) in [6.45, 7) is 11.1. The Morgan fingerprint density at radius 1 is 1.47 bits per heavy atom. The van der Waals surface area contributed by atoms with Crippen LogP contribution in [0.4, 0.5) is 0 Å². The first kappa shape index (κ1) is 13.1. The summed E-state index contributed by atoms with van der Waals surface area (Å²) in [6, 6.07) is 0.608. The second-order valence-electron chi connectivity index (χ2n) is 6.53. The van der Waals surface area contributed by atoms with Crippen molar-refractivity contribution in [3.05, 3.63) is 18.0 Å². The van der Waals surface area contributed by atoms with Crippen LogP contribution in [0.3, 0.4) is 0 Å². The molecule has 2 heterocycles. The lowest BCUT2D eigenvalue weighted by Crippen LogP contribution is -2.62. The van der Waals surface area contributed by atoms with Crippen LogP contribution in [0.25, 0.3) is 0 Å². The van der Waals surface area contributed by atoms with Crippen LogP contribution in [0.2, 0.25) is 0 Å². The van der Waals surface area contributed by atoms with E-state index in [9.17, 15) is 0 Å². The van der Waals surface area contributed by atoms with Gasteiger partial charge in [0.05, 0.1) is 6.20 Å². The first-order chi connectivity index (χ1) is 9.10. The van der Waals surface area contributed by atoms with Gasteiger partial charge in [-0.15, -0.1) is 0 Å². The average Bonchev–Trinajstić information content (AvgIpc) is 3.16. The van der Waals surface area contributed by atoms with Gasteiger partial charge in [-0.05, 0) is 39.5 Å². The minimum Gasteiger partial charge on any atom is -0.308 e. The molecule has 2 aliphatic rings. The Kier molecular flexibility index (Phi) is 3.39. The van der Waals surface area contributed by atoms with E-state index in [4.69, 9.17) is 0 Å². The minimum atomic E-state index is 0.327. The maximum Gasteiger partial charge on any atom is 0.0534 e. The number of rotatable bonds is 4. The third-order valence-electron chi connectivity index (χ3n) is 4.83. The number of piperazine rings is 1. The molecule has 0 spiro atoms. The Balaban J connectivity index is 1.67. The summed E-state index contributed by atoms with van der Waals surface area (Å²) in [4.78, 5) is 2.62. The number of aryl methyl sites for hydroxylation is 1. The first-order valence-corrected chi connectivity index (χ1v) is 7.61. The van der Waals surface area contributed by atoms with Gasteiger partial charge in [0.1, 0.15) is 0 Å². The molecule has 2 atom stereocenters. The van der Waals surface area contributed by atoms with Crippen molar-refractivity contribution in [2.45, 2.75) is 58.3 Å². The summed E-state index contributed by atoms with van der Waals surface area (Å²) in [7, 11) is 0. The Labute approximate surface area is 116 Å². The molecule has 1 saturated carbocycles. The quantitative estimate of drug-likeness (QED) is 0.899. The molecule has 1 aliphatic heterocycles. The van der Waals surface area contributed by atoms with E-state index >= 15 is 0 Å². The maximum atomic E-state index is 4.38. The third kappa shape index (κ3) is 2.70. The van der Waals surface area contributed by atoms with Gasteiger partial charge < -0.3 is 5.32 Å². The maximum absolute atomic E-state index is 4.38. The number of hydrogen-bond acceptors (Lipinski definition) is 3. The molecule has 4 heteroatoms. The zero-order valence-corrected chi connectivity index (χ0v) is 12.4. The van der Waals surface area contributed by atoms with Crippen LogP contribution in [-0.2, 0) is 13.1 Å². The second kappa shape index (κ2) is 4.91. The summed E-state index contributed by atoms with van der Waals surface area (Å²) in [6.07, 6.45) is 7.01. The van der Waals surface area contributed by atoms with Crippen molar-refractivity contribution >= 4 is 0 Å². The van der Waals surface area contributed by atoms with Crippen molar-refractivity contribution in [2.24, 2.45) is 5.92 Å².